The molecule has 1 aliphatic carbocycles. The topological polar surface area (TPSA) is 114 Å². The van der Waals surface area contributed by atoms with E-state index in [0.717, 1.165) is 31.5 Å². The van der Waals surface area contributed by atoms with Crippen LogP contribution < -0.4 is 5.32 Å². The second-order valence-electron chi connectivity index (χ2n) is 6.99. The highest BCUT2D eigenvalue weighted by Crippen LogP contribution is 2.40. The molecule has 130 valence electrons. The molecule has 2 aromatic rings. The number of rotatable bonds is 6. The fourth-order valence-electron chi connectivity index (χ4n) is 3.39. The van der Waals surface area contributed by atoms with Gasteiger partial charge in [0.1, 0.15) is 12.2 Å². The van der Waals surface area contributed by atoms with Crippen molar-refractivity contribution in [1.82, 2.24) is 35.4 Å². The lowest BCUT2D eigenvalue weighted by Gasteiger charge is -2.36. The average molecular weight is 332 g/mol. The number of hydrogen-bond donors (Lipinski definition) is 2. The highest BCUT2D eigenvalue weighted by Gasteiger charge is 2.35. The SMILES string of the molecule is CC(C)c1nc(NC(=O)CC2(Cn3cnnn3)CCCCC2)n[nH]1. The van der Waals surface area contributed by atoms with E-state index in [0.29, 0.717) is 18.9 Å². The molecule has 24 heavy (non-hydrogen) atoms. The van der Waals surface area contributed by atoms with Crippen LogP contribution >= 0.6 is 0 Å². The summed E-state index contributed by atoms with van der Waals surface area (Å²) in [5.74, 6) is 1.30. The van der Waals surface area contributed by atoms with Crippen LogP contribution in [0.25, 0.3) is 0 Å². The van der Waals surface area contributed by atoms with Crippen molar-refractivity contribution < 1.29 is 4.79 Å². The Balaban J connectivity index is 1.66. The first-order valence-corrected chi connectivity index (χ1v) is 8.49. The van der Waals surface area contributed by atoms with Gasteiger partial charge in [-0.15, -0.1) is 10.2 Å². The van der Waals surface area contributed by atoms with Gasteiger partial charge in [-0.3, -0.25) is 15.2 Å². The van der Waals surface area contributed by atoms with E-state index in [-0.39, 0.29) is 17.2 Å². The van der Waals surface area contributed by atoms with Crippen molar-refractivity contribution in [2.24, 2.45) is 5.41 Å². The maximum atomic E-state index is 12.5. The monoisotopic (exact) mass is 332 g/mol. The molecule has 3 rings (SSSR count). The van der Waals surface area contributed by atoms with Crippen molar-refractivity contribution >= 4 is 11.9 Å². The van der Waals surface area contributed by atoms with Crippen molar-refractivity contribution in [2.75, 3.05) is 5.32 Å². The maximum Gasteiger partial charge on any atom is 0.248 e. The third kappa shape index (κ3) is 3.95. The molecule has 0 aromatic carbocycles. The highest BCUT2D eigenvalue weighted by molar-refractivity contribution is 5.89. The molecular formula is C15H24N8O. The van der Waals surface area contributed by atoms with Gasteiger partial charge in [-0.2, -0.15) is 4.98 Å². The number of carbonyl (C=O) groups excluding carboxylic acids is 1. The number of H-pyrrole nitrogens is 1. The van der Waals surface area contributed by atoms with Crippen LogP contribution in [0.15, 0.2) is 6.33 Å². The molecule has 9 nitrogen and oxygen atoms in total. The predicted molar refractivity (Wildman–Crippen MR) is 87.1 cm³/mol. The molecule has 1 amide bonds. The number of aromatic amines is 1. The van der Waals surface area contributed by atoms with Crippen molar-refractivity contribution in [3.8, 4) is 0 Å². The van der Waals surface area contributed by atoms with E-state index in [9.17, 15) is 4.79 Å². The van der Waals surface area contributed by atoms with Gasteiger partial charge in [-0.1, -0.05) is 33.1 Å². The molecule has 0 saturated heterocycles. The van der Waals surface area contributed by atoms with Gasteiger partial charge in [0.2, 0.25) is 11.9 Å². The molecule has 0 aliphatic heterocycles. The number of aromatic nitrogens is 7. The molecule has 0 unspecified atom stereocenters. The van der Waals surface area contributed by atoms with Crippen LogP contribution in [0.3, 0.4) is 0 Å². The summed E-state index contributed by atoms with van der Waals surface area (Å²) in [5.41, 5.74) is -0.102. The zero-order valence-electron chi connectivity index (χ0n) is 14.2. The average Bonchev–Trinajstić information content (AvgIpc) is 3.19. The van der Waals surface area contributed by atoms with E-state index in [2.05, 4.69) is 36.0 Å². The summed E-state index contributed by atoms with van der Waals surface area (Å²) in [4.78, 5) is 16.8. The first kappa shape index (κ1) is 16.5. The Hall–Kier alpha value is -2.32. The van der Waals surface area contributed by atoms with E-state index >= 15 is 0 Å². The van der Waals surface area contributed by atoms with Gasteiger partial charge >= 0.3 is 0 Å². The van der Waals surface area contributed by atoms with Crippen molar-refractivity contribution in [3.05, 3.63) is 12.2 Å². The first-order valence-electron chi connectivity index (χ1n) is 8.49. The lowest BCUT2D eigenvalue weighted by atomic mass is 9.71. The summed E-state index contributed by atoms with van der Waals surface area (Å²) < 4.78 is 1.72. The molecule has 0 atom stereocenters. The Kier molecular flexibility index (Phi) is 4.86. The number of nitrogens with one attached hydrogen (secondary N) is 2. The van der Waals surface area contributed by atoms with E-state index < -0.39 is 0 Å². The van der Waals surface area contributed by atoms with Crippen molar-refractivity contribution in [1.29, 1.82) is 0 Å². The molecule has 0 bridgehead atoms. The predicted octanol–water partition coefficient (Wildman–Crippen LogP) is 1.89. The molecule has 1 fully saturated rings. The summed E-state index contributed by atoms with van der Waals surface area (Å²) in [6, 6.07) is 0. The smallest absolute Gasteiger partial charge is 0.248 e. The molecule has 2 heterocycles. The minimum Gasteiger partial charge on any atom is -0.293 e. The molecule has 1 saturated carbocycles. The van der Waals surface area contributed by atoms with Gasteiger partial charge < -0.3 is 0 Å². The Morgan fingerprint density at radius 2 is 2.17 bits per heavy atom. The number of anilines is 1. The number of hydrogen-bond acceptors (Lipinski definition) is 6. The number of tetrazole rings is 1. The van der Waals surface area contributed by atoms with Crippen molar-refractivity contribution in [2.45, 2.75) is 64.8 Å². The molecule has 9 heteroatoms. The van der Waals surface area contributed by atoms with Crippen molar-refractivity contribution in [3.63, 3.8) is 0 Å². The zero-order chi connectivity index (χ0) is 17.0. The third-order valence-electron chi connectivity index (χ3n) is 4.64. The first-order chi connectivity index (χ1) is 11.6. The Morgan fingerprint density at radius 1 is 1.38 bits per heavy atom. The summed E-state index contributed by atoms with van der Waals surface area (Å²) in [5, 5.41) is 21.1. The largest absolute Gasteiger partial charge is 0.293 e. The number of carbonyl (C=O) groups is 1. The molecule has 2 aromatic heterocycles. The van der Waals surface area contributed by atoms with Gasteiger partial charge in [0, 0.05) is 12.3 Å². The zero-order valence-corrected chi connectivity index (χ0v) is 14.2. The minimum absolute atomic E-state index is 0.0562. The Labute approximate surface area is 140 Å². The summed E-state index contributed by atoms with van der Waals surface area (Å²) in [7, 11) is 0. The quantitative estimate of drug-likeness (QED) is 0.835. The minimum atomic E-state index is -0.102. The van der Waals surface area contributed by atoms with Crippen LogP contribution in [0.1, 0.15) is 64.1 Å². The number of amides is 1. The summed E-state index contributed by atoms with van der Waals surface area (Å²) in [6.07, 6.45) is 7.53. The molecule has 0 spiro atoms. The van der Waals surface area contributed by atoms with Gasteiger partial charge in [0.05, 0.1) is 6.54 Å². The van der Waals surface area contributed by atoms with E-state index in [1.165, 1.54) is 6.42 Å². The second kappa shape index (κ2) is 7.06. The second-order valence-corrected chi connectivity index (χ2v) is 6.99. The van der Waals surface area contributed by atoms with Gasteiger partial charge in [0.25, 0.3) is 0 Å². The van der Waals surface area contributed by atoms with Gasteiger partial charge in [0.15, 0.2) is 0 Å². The fourth-order valence-corrected chi connectivity index (χ4v) is 3.39. The maximum absolute atomic E-state index is 12.5. The number of nitrogens with zero attached hydrogens (tertiary/aromatic N) is 6. The van der Waals surface area contributed by atoms with Crippen LogP contribution in [0.4, 0.5) is 5.95 Å². The molecule has 2 N–H and O–H groups in total. The lowest BCUT2D eigenvalue weighted by molar-refractivity contribution is -0.119. The van der Waals surface area contributed by atoms with Crippen LogP contribution in [0, 0.1) is 5.41 Å². The highest BCUT2D eigenvalue weighted by atomic mass is 16.1. The summed E-state index contributed by atoms with van der Waals surface area (Å²) in [6.45, 7) is 4.71. The Bertz CT molecular complexity index is 657. The fraction of sp³-hybridized carbons (Fsp3) is 0.733. The Morgan fingerprint density at radius 3 is 2.79 bits per heavy atom. The lowest BCUT2D eigenvalue weighted by Crippen LogP contribution is -2.34. The van der Waals surface area contributed by atoms with E-state index in [1.54, 1.807) is 11.0 Å². The van der Waals surface area contributed by atoms with Gasteiger partial charge in [-0.25, -0.2) is 4.68 Å². The molecular weight excluding hydrogens is 308 g/mol. The van der Waals surface area contributed by atoms with E-state index in [4.69, 9.17) is 0 Å². The van der Waals surface area contributed by atoms with Crippen LogP contribution in [0.5, 0.6) is 0 Å². The standard InChI is InChI=1S/C15H24N8O/c1-11(2)13-18-14(20-19-13)17-12(24)8-15(6-4-3-5-7-15)9-23-10-16-21-22-23/h10-11H,3-9H2,1-2H3,(H2,17,18,19,20,24). The van der Waals surface area contributed by atoms with Crippen LogP contribution in [0.2, 0.25) is 0 Å². The van der Waals surface area contributed by atoms with Crippen LogP contribution in [-0.2, 0) is 11.3 Å². The molecule has 0 radical (unpaired) electrons. The van der Waals surface area contributed by atoms with Gasteiger partial charge in [-0.05, 0) is 28.7 Å². The molecule has 1 aliphatic rings. The third-order valence-corrected chi connectivity index (χ3v) is 4.64. The van der Waals surface area contributed by atoms with Crippen LogP contribution in [-0.4, -0.2) is 41.3 Å². The van der Waals surface area contributed by atoms with E-state index in [1.807, 2.05) is 13.8 Å². The summed E-state index contributed by atoms with van der Waals surface area (Å²) >= 11 is 0. The normalized spacial score (nSPS) is 17.1.